The van der Waals surface area contributed by atoms with Gasteiger partial charge in [0.2, 0.25) is 0 Å². The lowest BCUT2D eigenvalue weighted by molar-refractivity contribution is 0.00836. The van der Waals surface area contributed by atoms with Crippen LogP contribution in [0.25, 0.3) is 0 Å². The van der Waals surface area contributed by atoms with Gasteiger partial charge in [-0.1, -0.05) is 46.5 Å². The van der Waals surface area contributed by atoms with Gasteiger partial charge >= 0.3 is 0 Å². The number of rotatable bonds is 7. The van der Waals surface area contributed by atoms with Crippen molar-refractivity contribution >= 4 is 21.1 Å². The number of nitrogens with one attached hydrogen (secondary N) is 1. The maximum absolute atomic E-state index is 13.6. The maximum atomic E-state index is 13.6. The van der Waals surface area contributed by atoms with Gasteiger partial charge < -0.3 is 10.4 Å². The molecule has 1 heterocycles. The van der Waals surface area contributed by atoms with Gasteiger partial charge in [0.1, 0.15) is 0 Å². The topological polar surface area (TPSA) is 49.3 Å². The predicted molar refractivity (Wildman–Crippen MR) is 110 cm³/mol. The van der Waals surface area contributed by atoms with Gasteiger partial charge in [0.05, 0.1) is 6.10 Å². The van der Waals surface area contributed by atoms with Gasteiger partial charge in [0, 0.05) is 34.7 Å². The van der Waals surface area contributed by atoms with E-state index in [9.17, 15) is 9.32 Å². The van der Waals surface area contributed by atoms with Crippen LogP contribution in [0.1, 0.15) is 70.8 Å². The molecule has 1 aromatic carbocycles. The predicted octanol–water partition coefficient (Wildman–Crippen LogP) is 4.65. The summed E-state index contributed by atoms with van der Waals surface area (Å²) < 4.78 is 13.6. The highest BCUT2D eigenvalue weighted by atomic mass is 32.2. The first-order valence-electron chi connectivity index (χ1n) is 9.66. The molecule has 0 aromatic heterocycles. The Morgan fingerprint density at radius 3 is 2.40 bits per heavy atom. The van der Waals surface area contributed by atoms with Crippen LogP contribution in [0.3, 0.4) is 0 Å². The van der Waals surface area contributed by atoms with Crippen LogP contribution in [0.2, 0.25) is 0 Å². The largest absolute Gasteiger partial charge is 0.392 e. The number of aliphatic hydroxyl groups excluding tert-OH is 1. The second kappa shape index (κ2) is 8.13. The molecule has 3 atom stereocenters. The Bertz CT molecular complexity index is 673. The van der Waals surface area contributed by atoms with Crippen molar-refractivity contribution in [1.82, 2.24) is 0 Å². The summed E-state index contributed by atoms with van der Waals surface area (Å²) in [5.41, 5.74) is 1.68. The molecule has 1 aromatic rings. The number of hydrogen-bond acceptors (Lipinski definition) is 3. The lowest BCUT2D eigenvalue weighted by Crippen LogP contribution is -2.42. The molecule has 25 heavy (non-hydrogen) atoms. The van der Waals surface area contributed by atoms with E-state index in [2.05, 4.69) is 32.0 Å². The first-order valence-corrected chi connectivity index (χ1v) is 11.6. The van der Waals surface area contributed by atoms with Crippen LogP contribution < -0.4 is 5.32 Å². The number of anilines is 1. The molecular weight excluding hydrogens is 330 g/mol. The molecule has 1 aliphatic rings. The van der Waals surface area contributed by atoms with Crippen molar-refractivity contribution in [2.75, 3.05) is 18.1 Å². The molecule has 0 amide bonds. The third-order valence-corrected chi connectivity index (χ3v) is 8.08. The van der Waals surface area contributed by atoms with Gasteiger partial charge in [0.15, 0.2) is 0 Å². The SMILES string of the molecule is C=S1(=O)CC(CCCC)(CCCC)[C@H](O)[C@H](C)c2cc(NC)ccc21. The molecule has 1 unspecified atom stereocenters. The third-order valence-electron chi connectivity index (χ3n) is 5.87. The van der Waals surface area contributed by atoms with Crippen LogP contribution in [-0.4, -0.2) is 34.1 Å². The zero-order valence-corrected chi connectivity index (χ0v) is 17.1. The van der Waals surface area contributed by atoms with Gasteiger partial charge in [-0.15, -0.1) is 0 Å². The third kappa shape index (κ3) is 4.06. The van der Waals surface area contributed by atoms with Crippen molar-refractivity contribution in [2.24, 2.45) is 5.41 Å². The van der Waals surface area contributed by atoms with E-state index < -0.39 is 15.6 Å². The second-order valence-corrected chi connectivity index (χ2v) is 10.1. The lowest BCUT2D eigenvalue weighted by atomic mass is 9.70. The Morgan fingerprint density at radius 1 is 1.28 bits per heavy atom. The minimum absolute atomic E-state index is 0.0397. The molecule has 0 fully saturated rings. The van der Waals surface area contributed by atoms with E-state index in [-0.39, 0.29) is 11.3 Å². The summed E-state index contributed by atoms with van der Waals surface area (Å²) in [4.78, 5) is 0.841. The van der Waals surface area contributed by atoms with Crippen molar-refractivity contribution in [3.8, 4) is 0 Å². The van der Waals surface area contributed by atoms with E-state index in [1.807, 2.05) is 25.2 Å². The van der Waals surface area contributed by atoms with Gasteiger partial charge in [-0.25, -0.2) is 0 Å². The highest BCUT2D eigenvalue weighted by Gasteiger charge is 2.45. The average Bonchev–Trinajstić information content (AvgIpc) is 2.66. The van der Waals surface area contributed by atoms with Gasteiger partial charge in [0.25, 0.3) is 0 Å². The van der Waals surface area contributed by atoms with E-state index in [4.69, 9.17) is 0 Å². The van der Waals surface area contributed by atoms with E-state index in [1.54, 1.807) is 0 Å². The molecule has 2 rings (SSSR count). The molecule has 0 saturated heterocycles. The number of unbranched alkanes of at least 4 members (excludes halogenated alkanes) is 2. The fourth-order valence-corrected chi connectivity index (χ4v) is 6.88. The summed E-state index contributed by atoms with van der Waals surface area (Å²) in [6, 6.07) is 5.97. The molecule has 1 aliphatic heterocycles. The Labute approximate surface area is 154 Å². The van der Waals surface area contributed by atoms with Crippen molar-refractivity contribution in [3.05, 3.63) is 23.8 Å². The summed E-state index contributed by atoms with van der Waals surface area (Å²) >= 11 is 0. The minimum Gasteiger partial charge on any atom is -0.392 e. The molecule has 4 heteroatoms. The molecule has 0 radical (unpaired) electrons. The zero-order chi connectivity index (χ0) is 18.7. The Balaban J connectivity index is 2.57. The van der Waals surface area contributed by atoms with E-state index in [0.29, 0.717) is 5.75 Å². The lowest BCUT2D eigenvalue weighted by Gasteiger charge is -2.40. The Morgan fingerprint density at radius 2 is 1.88 bits per heavy atom. The average molecular weight is 366 g/mol. The van der Waals surface area contributed by atoms with Crippen LogP contribution in [0.4, 0.5) is 5.69 Å². The molecule has 0 spiro atoms. The summed E-state index contributed by atoms with van der Waals surface area (Å²) in [5, 5.41) is 14.5. The monoisotopic (exact) mass is 365 g/mol. The summed E-state index contributed by atoms with van der Waals surface area (Å²) in [5.74, 6) is 4.62. The molecule has 0 aliphatic carbocycles. The fraction of sp³-hybridized carbons (Fsp3) is 0.667. The molecule has 2 N–H and O–H groups in total. The summed E-state index contributed by atoms with van der Waals surface area (Å²) in [6.07, 6.45) is 5.65. The van der Waals surface area contributed by atoms with Gasteiger partial charge in [-0.2, -0.15) is 0 Å². The first kappa shape index (κ1) is 20.3. The molecule has 142 valence electrons. The van der Waals surface area contributed by atoms with Crippen molar-refractivity contribution in [2.45, 2.75) is 76.2 Å². The number of aliphatic hydroxyl groups is 1. The van der Waals surface area contributed by atoms with Crippen LogP contribution in [0, 0.1) is 5.41 Å². The van der Waals surface area contributed by atoms with Gasteiger partial charge in [-0.3, -0.25) is 4.21 Å². The normalized spacial score (nSPS) is 28.2. The number of hydrogen-bond donors (Lipinski definition) is 2. The van der Waals surface area contributed by atoms with Crippen molar-refractivity contribution in [3.63, 3.8) is 0 Å². The number of benzene rings is 1. The van der Waals surface area contributed by atoms with Gasteiger partial charge in [-0.05, 0) is 52.0 Å². The van der Waals surface area contributed by atoms with E-state index >= 15 is 0 Å². The second-order valence-electron chi connectivity index (χ2n) is 7.76. The molecular formula is C21H35NO2S. The molecule has 0 bridgehead atoms. The zero-order valence-electron chi connectivity index (χ0n) is 16.3. The van der Waals surface area contributed by atoms with Crippen LogP contribution >= 0.6 is 0 Å². The first-order chi connectivity index (χ1) is 11.8. The highest BCUT2D eigenvalue weighted by Crippen LogP contribution is 2.47. The molecule has 3 nitrogen and oxygen atoms in total. The van der Waals surface area contributed by atoms with Crippen LogP contribution in [0.5, 0.6) is 0 Å². The smallest absolute Gasteiger partial charge is 0.0671 e. The Hall–Kier alpha value is -1.00. The maximum Gasteiger partial charge on any atom is 0.0671 e. The van der Waals surface area contributed by atoms with E-state index in [0.717, 1.165) is 54.7 Å². The standard InChI is InChI=1S/C21H35NO2S/c1-6-8-12-21(13-9-7-2)15-25(5,24)19-11-10-17(22-4)14-18(19)16(3)20(21)23/h10-11,14,16,20,22-23H,5-9,12-13,15H2,1-4H3/t16-,20-,25?/m1/s1. The quantitative estimate of drug-likeness (QED) is 0.692. The summed E-state index contributed by atoms with van der Waals surface area (Å²) in [7, 11) is -0.543. The van der Waals surface area contributed by atoms with Crippen molar-refractivity contribution < 1.29 is 9.32 Å². The number of fused-ring (bicyclic) bond motifs is 1. The fourth-order valence-electron chi connectivity index (χ4n) is 4.35. The van der Waals surface area contributed by atoms with Crippen LogP contribution in [-0.2, 0) is 9.52 Å². The molecule has 0 saturated carbocycles. The minimum atomic E-state index is -2.43. The highest BCUT2D eigenvalue weighted by molar-refractivity contribution is 8.00. The Kier molecular flexibility index (Phi) is 6.61. The summed E-state index contributed by atoms with van der Waals surface area (Å²) in [6.45, 7) is 6.43. The van der Waals surface area contributed by atoms with E-state index in [1.165, 1.54) is 0 Å². The van der Waals surface area contributed by atoms with Crippen molar-refractivity contribution in [1.29, 1.82) is 0 Å². The van der Waals surface area contributed by atoms with Crippen LogP contribution in [0.15, 0.2) is 23.1 Å².